The molecular formula is C15H24N5O10P3. The smallest absolute Gasteiger partial charge is 0.382 e. The highest BCUT2D eigenvalue weighted by molar-refractivity contribution is 7.66. The predicted octanol–water partition coefficient (Wildman–Crippen LogP) is 2.07. The van der Waals surface area contributed by atoms with Crippen molar-refractivity contribution in [3.8, 4) is 11.8 Å². The van der Waals surface area contributed by atoms with Crippen molar-refractivity contribution in [3.63, 3.8) is 0 Å². The van der Waals surface area contributed by atoms with E-state index < -0.39 is 23.5 Å². The molecule has 0 amide bonds. The van der Waals surface area contributed by atoms with Crippen molar-refractivity contribution in [1.82, 2.24) is 19.5 Å². The lowest BCUT2D eigenvalue weighted by Gasteiger charge is -2.16. The average Bonchev–Trinajstić information content (AvgIpc) is 3.05. The summed E-state index contributed by atoms with van der Waals surface area (Å²) in [5, 5.41) is 0. The molecule has 2 rings (SSSR count). The molecule has 2 atom stereocenters. The van der Waals surface area contributed by atoms with Gasteiger partial charge in [0.25, 0.3) is 0 Å². The highest BCUT2D eigenvalue weighted by atomic mass is 31.3. The number of fused-ring (bicyclic) bond motifs is 1. The van der Waals surface area contributed by atoms with Crippen LogP contribution in [0.5, 0.6) is 0 Å². The van der Waals surface area contributed by atoms with Crippen LogP contribution in [0.15, 0.2) is 6.33 Å². The lowest BCUT2D eigenvalue weighted by molar-refractivity contribution is 0.169. The Morgan fingerprint density at radius 1 is 1.06 bits per heavy atom. The number of hydrogen-bond donors (Lipinski definition) is 5. The Kier molecular flexibility index (Phi) is 9.72. The minimum absolute atomic E-state index is 0.186. The number of aromatic nitrogens is 4. The van der Waals surface area contributed by atoms with Crippen LogP contribution < -0.4 is 5.73 Å². The molecule has 18 heteroatoms. The summed E-state index contributed by atoms with van der Waals surface area (Å²) in [5.74, 6) is 6.30. The number of nitrogen functional groups attached to an aromatic ring is 1. The zero-order valence-corrected chi connectivity index (χ0v) is 20.2. The van der Waals surface area contributed by atoms with Gasteiger partial charge in [0.05, 0.1) is 12.9 Å². The second kappa shape index (κ2) is 11.6. The second-order valence-corrected chi connectivity index (χ2v) is 11.0. The fraction of sp³-hybridized carbons (Fsp3) is 0.533. The molecule has 0 saturated carbocycles. The van der Waals surface area contributed by atoms with Crippen LogP contribution in [-0.2, 0) is 33.4 Å². The molecule has 0 bridgehead atoms. The third kappa shape index (κ3) is 9.60. The summed E-state index contributed by atoms with van der Waals surface area (Å²) in [6.07, 6.45) is 4.81. The molecule has 0 aliphatic rings. The summed E-state index contributed by atoms with van der Waals surface area (Å²) in [6.45, 7) is 2.06. The van der Waals surface area contributed by atoms with Gasteiger partial charge >= 0.3 is 23.5 Å². The molecule has 0 saturated heterocycles. The molecule has 2 heterocycles. The third-order valence-corrected chi connectivity index (χ3v) is 7.65. The number of nitrogens with zero attached hydrogens (tertiary/aromatic N) is 4. The second-order valence-electron chi connectivity index (χ2n) is 6.58. The van der Waals surface area contributed by atoms with Crippen LogP contribution in [0.4, 0.5) is 5.82 Å². The van der Waals surface area contributed by atoms with E-state index in [1.165, 1.54) is 6.33 Å². The zero-order valence-electron chi connectivity index (χ0n) is 17.5. The molecule has 0 aromatic carbocycles. The highest BCUT2D eigenvalue weighted by Crippen LogP contribution is 2.66. The third-order valence-electron chi connectivity index (χ3n) is 3.81. The van der Waals surface area contributed by atoms with Gasteiger partial charge < -0.3 is 29.9 Å². The largest absolute Gasteiger partial charge is 0.490 e. The normalized spacial score (nSPS) is 15.5. The standard InChI is InChI=1S/C15H24N5O10P3/c1-2-3-4-5-8-12-18-14(16)13-15(19-12)20(11-17-13)9-6-7-10-28-32(24,25)30-33(26,27)29-31(21,22)23/h11H,2-4,6-7,9-10H2,1H3,(H,24,25)(H,26,27)(H2,16,18,19)(H2,21,22,23). The van der Waals surface area contributed by atoms with Gasteiger partial charge in [-0.2, -0.15) is 8.62 Å². The summed E-state index contributed by atoms with van der Waals surface area (Å²) < 4.78 is 47.0. The summed E-state index contributed by atoms with van der Waals surface area (Å²) >= 11 is 0. The average molecular weight is 527 g/mol. The van der Waals surface area contributed by atoms with Gasteiger partial charge in [-0.15, -0.1) is 0 Å². The maximum Gasteiger partial charge on any atom is 0.490 e. The van der Waals surface area contributed by atoms with Crippen LogP contribution in [0, 0.1) is 11.8 Å². The Hall–Kier alpha value is -1.68. The number of phosphoric ester groups is 1. The molecule has 15 nitrogen and oxygen atoms in total. The fourth-order valence-corrected chi connectivity index (χ4v) is 5.51. The number of unbranched alkanes of at least 4 members (excludes halogenated alkanes) is 3. The van der Waals surface area contributed by atoms with Crippen LogP contribution in [0.25, 0.3) is 11.2 Å². The van der Waals surface area contributed by atoms with E-state index >= 15 is 0 Å². The molecular weight excluding hydrogens is 503 g/mol. The Labute approximate surface area is 188 Å². The minimum Gasteiger partial charge on any atom is -0.382 e. The number of nitrogens with two attached hydrogens (primary N) is 1. The van der Waals surface area contributed by atoms with Crippen LogP contribution in [0.2, 0.25) is 0 Å². The van der Waals surface area contributed by atoms with Crippen molar-refractivity contribution in [2.45, 2.75) is 45.6 Å². The number of hydrogen-bond acceptors (Lipinski definition) is 10. The van der Waals surface area contributed by atoms with Crippen molar-refractivity contribution < 1.29 is 46.4 Å². The molecule has 0 radical (unpaired) electrons. The fourth-order valence-electron chi connectivity index (χ4n) is 2.46. The van der Waals surface area contributed by atoms with Gasteiger partial charge in [0.1, 0.15) is 5.52 Å². The minimum atomic E-state index is -5.53. The monoisotopic (exact) mass is 527 g/mol. The predicted molar refractivity (Wildman–Crippen MR) is 115 cm³/mol. The topological polar surface area (TPSA) is 229 Å². The molecule has 6 N–H and O–H groups in total. The van der Waals surface area contributed by atoms with Crippen LogP contribution in [-0.4, -0.2) is 45.7 Å². The Bertz CT molecular complexity index is 1170. The SMILES string of the molecule is CCCCC#Cc1nc(N)c2ncn(CCCCOP(=O)(O)OP(=O)(O)OP(=O)(O)O)c2n1. The molecule has 2 unspecified atom stereocenters. The van der Waals surface area contributed by atoms with E-state index in [4.69, 9.17) is 20.4 Å². The van der Waals surface area contributed by atoms with Gasteiger partial charge in [0, 0.05) is 13.0 Å². The summed E-state index contributed by atoms with van der Waals surface area (Å²) in [7, 11) is -16.1. The van der Waals surface area contributed by atoms with Gasteiger partial charge in [-0.25, -0.2) is 28.6 Å². The maximum absolute atomic E-state index is 11.7. The van der Waals surface area contributed by atoms with Crippen molar-refractivity contribution in [1.29, 1.82) is 0 Å². The van der Waals surface area contributed by atoms with E-state index in [0.29, 0.717) is 30.6 Å². The molecule has 0 fully saturated rings. The number of aryl methyl sites for hydroxylation is 1. The van der Waals surface area contributed by atoms with Gasteiger partial charge in [0.2, 0.25) is 5.82 Å². The Balaban J connectivity index is 1.91. The van der Waals surface area contributed by atoms with Crippen molar-refractivity contribution in [3.05, 3.63) is 12.2 Å². The number of imidazole rings is 1. The summed E-state index contributed by atoms with van der Waals surface area (Å²) in [6, 6.07) is 0. The first-order valence-corrected chi connectivity index (χ1v) is 14.1. The molecule has 0 aliphatic carbocycles. The van der Waals surface area contributed by atoms with Crippen molar-refractivity contribution in [2.24, 2.45) is 0 Å². The number of anilines is 1. The number of phosphoric acid groups is 3. The Morgan fingerprint density at radius 3 is 2.45 bits per heavy atom. The van der Waals surface area contributed by atoms with Gasteiger partial charge in [0.15, 0.2) is 11.5 Å². The van der Waals surface area contributed by atoms with Crippen molar-refractivity contribution >= 4 is 40.4 Å². The summed E-state index contributed by atoms with van der Waals surface area (Å²) in [5.41, 5.74) is 6.80. The summed E-state index contributed by atoms with van der Waals surface area (Å²) in [4.78, 5) is 48.2. The van der Waals surface area contributed by atoms with Crippen LogP contribution >= 0.6 is 23.5 Å². The lowest BCUT2D eigenvalue weighted by atomic mass is 10.2. The first kappa shape index (κ1) is 27.6. The van der Waals surface area contributed by atoms with Gasteiger partial charge in [-0.3, -0.25) is 4.52 Å². The first-order valence-electron chi connectivity index (χ1n) is 9.57. The van der Waals surface area contributed by atoms with E-state index in [2.05, 4.69) is 46.9 Å². The quantitative estimate of drug-likeness (QED) is 0.151. The zero-order chi connectivity index (χ0) is 24.7. The number of rotatable bonds is 12. The molecule has 0 spiro atoms. The molecule has 33 heavy (non-hydrogen) atoms. The molecule has 2 aromatic rings. The van der Waals surface area contributed by atoms with Crippen LogP contribution in [0.1, 0.15) is 44.9 Å². The molecule has 184 valence electrons. The van der Waals surface area contributed by atoms with E-state index in [1.54, 1.807) is 4.57 Å². The van der Waals surface area contributed by atoms with E-state index in [-0.39, 0.29) is 24.7 Å². The van der Waals surface area contributed by atoms with Crippen molar-refractivity contribution in [2.75, 3.05) is 12.3 Å². The lowest BCUT2D eigenvalue weighted by Crippen LogP contribution is -2.03. The van der Waals surface area contributed by atoms with E-state index in [1.807, 2.05) is 0 Å². The molecule has 0 aliphatic heterocycles. The highest BCUT2D eigenvalue weighted by Gasteiger charge is 2.40. The van der Waals surface area contributed by atoms with E-state index in [0.717, 1.165) is 12.8 Å². The maximum atomic E-state index is 11.7. The van der Waals surface area contributed by atoms with Gasteiger partial charge in [-0.1, -0.05) is 19.3 Å². The van der Waals surface area contributed by atoms with Crippen LogP contribution in [0.3, 0.4) is 0 Å². The molecule has 2 aromatic heterocycles. The Morgan fingerprint density at radius 2 is 1.79 bits per heavy atom. The van der Waals surface area contributed by atoms with E-state index in [9.17, 15) is 18.6 Å². The first-order chi connectivity index (χ1) is 15.3. The van der Waals surface area contributed by atoms with Gasteiger partial charge in [-0.05, 0) is 25.2 Å².